The summed E-state index contributed by atoms with van der Waals surface area (Å²) in [4.78, 5) is 9.81. The fourth-order valence-electron chi connectivity index (χ4n) is 3.55. The first-order valence-corrected chi connectivity index (χ1v) is 7.93. The molecule has 2 saturated heterocycles. The standard InChI is InChI=1S/C16H26N4/c1-3-17-14-6-7-18-15(9-14)11-20-12-16-5-4-8-19(16)10-13(20)2/h6-7,9,13,16H,3-5,8,10-12H2,1-2H3,(H,17,18). The van der Waals surface area contributed by atoms with Crippen LogP contribution in [-0.2, 0) is 6.54 Å². The average Bonchev–Trinajstić information content (AvgIpc) is 2.87. The summed E-state index contributed by atoms with van der Waals surface area (Å²) in [6, 6.07) is 5.65. The third-order valence-corrected chi connectivity index (χ3v) is 4.63. The summed E-state index contributed by atoms with van der Waals surface area (Å²) in [6.07, 6.45) is 4.66. The molecule has 0 radical (unpaired) electrons. The van der Waals surface area contributed by atoms with Crippen LogP contribution < -0.4 is 5.32 Å². The molecule has 2 fully saturated rings. The van der Waals surface area contributed by atoms with Crippen LogP contribution in [0.15, 0.2) is 18.3 Å². The minimum Gasteiger partial charge on any atom is -0.385 e. The molecule has 0 spiro atoms. The number of hydrogen-bond acceptors (Lipinski definition) is 4. The Bertz CT molecular complexity index is 448. The minimum absolute atomic E-state index is 0.633. The van der Waals surface area contributed by atoms with E-state index in [2.05, 4.69) is 40.0 Å². The van der Waals surface area contributed by atoms with Crippen molar-refractivity contribution in [3.05, 3.63) is 24.0 Å². The van der Waals surface area contributed by atoms with Crippen molar-refractivity contribution in [2.45, 2.75) is 45.3 Å². The average molecular weight is 274 g/mol. The molecular formula is C16H26N4. The fraction of sp³-hybridized carbons (Fsp3) is 0.688. The van der Waals surface area contributed by atoms with Gasteiger partial charge in [-0.1, -0.05) is 0 Å². The largest absolute Gasteiger partial charge is 0.385 e. The van der Waals surface area contributed by atoms with E-state index in [0.29, 0.717) is 6.04 Å². The first-order valence-electron chi connectivity index (χ1n) is 7.93. The first kappa shape index (κ1) is 13.8. The van der Waals surface area contributed by atoms with E-state index in [4.69, 9.17) is 0 Å². The molecule has 1 aromatic rings. The lowest BCUT2D eigenvalue weighted by Gasteiger charge is -2.42. The molecule has 0 bridgehead atoms. The molecule has 2 atom stereocenters. The normalized spacial score (nSPS) is 27.5. The SMILES string of the molecule is CCNc1ccnc(CN2CC3CCCN3CC2C)c1. The predicted octanol–water partition coefficient (Wildman–Crippen LogP) is 2.18. The van der Waals surface area contributed by atoms with Gasteiger partial charge in [-0.3, -0.25) is 14.8 Å². The number of nitrogens with one attached hydrogen (secondary N) is 1. The maximum absolute atomic E-state index is 4.54. The summed E-state index contributed by atoms with van der Waals surface area (Å²) in [6.45, 7) is 10.1. The van der Waals surface area contributed by atoms with E-state index in [1.165, 1.54) is 43.9 Å². The highest BCUT2D eigenvalue weighted by atomic mass is 15.3. The topological polar surface area (TPSA) is 31.4 Å². The number of rotatable bonds is 4. The zero-order valence-electron chi connectivity index (χ0n) is 12.7. The summed E-state index contributed by atoms with van der Waals surface area (Å²) in [7, 11) is 0. The van der Waals surface area contributed by atoms with E-state index in [9.17, 15) is 0 Å². The second-order valence-corrected chi connectivity index (χ2v) is 6.14. The lowest BCUT2D eigenvalue weighted by atomic mass is 10.1. The summed E-state index contributed by atoms with van der Waals surface area (Å²) in [5.41, 5.74) is 2.37. The van der Waals surface area contributed by atoms with E-state index in [1.807, 2.05) is 12.3 Å². The molecule has 1 N–H and O–H groups in total. The molecular weight excluding hydrogens is 248 g/mol. The zero-order chi connectivity index (χ0) is 13.9. The van der Waals surface area contributed by atoms with E-state index >= 15 is 0 Å². The Morgan fingerprint density at radius 2 is 2.30 bits per heavy atom. The molecule has 4 nitrogen and oxygen atoms in total. The number of pyridine rings is 1. The number of aromatic nitrogens is 1. The highest BCUT2D eigenvalue weighted by Crippen LogP contribution is 2.25. The third kappa shape index (κ3) is 2.96. The Kier molecular flexibility index (Phi) is 4.22. The van der Waals surface area contributed by atoms with E-state index < -0.39 is 0 Å². The van der Waals surface area contributed by atoms with Gasteiger partial charge in [0.05, 0.1) is 5.69 Å². The van der Waals surface area contributed by atoms with Crippen molar-refractivity contribution in [3.8, 4) is 0 Å². The van der Waals surface area contributed by atoms with Crippen LogP contribution in [0.5, 0.6) is 0 Å². The van der Waals surface area contributed by atoms with Crippen molar-refractivity contribution in [3.63, 3.8) is 0 Å². The second-order valence-electron chi connectivity index (χ2n) is 6.14. The van der Waals surface area contributed by atoms with Crippen LogP contribution in [0.1, 0.15) is 32.4 Å². The quantitative estimate of drug-likeness (QED) is 0.912. The van der Waals surface area contributed by atoms with Gasteiger partial charge < -0.3 is 5.32 Å². The fourth-order valence-corrected chi connectivity index (χ4v) is 3.55. The summed E-state index contributed by atoms with van der Waals surface area (Å²) >= 11 is 0. The van der Waals surface area contributed by atoms with Crippen LogP contribution in [0.4, 0.5) is 5.69 Å². The molecule has 0 amide bonds. The second kappa shape index (κ2) is 6.10. The summed E-state index contributed by atoms with van der Waals surface area (Å²) in [5.74, 6) is 0. The molecule has 3 rings (SSSR count). The van der Waals surface area contributed by atoms with E-state index in [0.717, 1.165) is 19.1 Å². The molecule has 0 saturated carbocycles. The van der Waals surface area contributed by atoms with Gasteiger partial charge in [-0.25, -0.2) is 0 Å². The van der Waals surface area contributed by atoms with Gasteiger partial charge >= 0.3 is 0 Å². The van der Waals surface area contributed by atoms with Gasteiger partial charge in [-0.05, 0) is 45.4 Å². The maximum Gasteiger partial charge on any atom is 0.0564 e. The lowest BCUT2D eigenvalue weighted by molar-refractivity contribution is 0.0532. The van der Waals surface area contributed by atoms with Crippen molar-refractivity contribution in [2.24, 2.45) is 0 Å². The number of nitrogens with zero attached hydrogens (tertiary/aromatic N) is 3. The Hall–Kier alpha value is -1.13. The highest BCUT2D eigenvalue weighted by molar-refractivity contribution is 5.42. The van der Waals surface area contributed by atoms with Crippen LogP contribution in [0.3, 0.4) is 0 Å². The van der Waals surface area contributed by atoms with E-state index in [1.54, 1.807) is 0 Å². The van der Waals surface area contributed by atoms with Crippen LogP contribution in [0.2, 0.25) is 0 Å². The summed E-state index contributed by atoms with van der Waals surface area (Å²) in [5, 5.41) is 3.37. The van der Waals surface area contributed by atoms with Crippen molar-refractivity contribution < 1.29 is 0 Å². The van der Waals surface area contributed by atoms with Crippen molar-refractivity contribution >= 4 is 5.69 Å². The molecule has 110 valence electrons. The smallest absolute Gasteiger partial charge is 0.0564 e. The van der Waals surface area contributed by atoms with Crippen molar-refractivity contribution in [1.29, 1.82) is 0 Å². The number of fused-ring (bicyclic) bond motifs is 1. The predicted molar refractivity (Wildman–Crippen MR) is 82.9 cm³/mol. The molecule has 3 heterocycles. The van der Waals surface area contributed by atoms with Gasteiger partial charge in [0.15, 0.2) is 0 Å². The van der Waals surface area contributed by atoms with Crippen molar-refractivity contribution in [1.82, 2.24) is 14.8 Å². The van der Waals surface area contributed by atoms with Crippen LogP contribution in [-0.4, -0.2) is 53.0 Å². The molecule has 4 heteroatoms. The van der Waals surface area contributed by atoms with E-state index in [-0.39, 0.29) is 0 Å². The van der Waals surface area contributed by atoms with Crippen LogP contribution in [0.25, 0.3) is 0 Å². The number of piperazine rings is 1. The molecule has 0 aromatic carbocycles. The van der Waals surface area contributed by atoms with Gasteiger partial charge in [0.2, 0.25) is 0 Å². The van der Waals surface area contributed by atoms with Gasteiger partial charge in [0.25, 0.3) is 0 Å². The van der Waals surface area contributed by atoms with Crippen LogP contribution in [0, 0.1) is 0 Å². The number of anilines is 1. The first-order chi connectivity index (χ1) is 9.76. The Morgan fingerprint density at radius 3 is 3.15 bits per heavy atom. The molecule has 2 aliphatic rings. The van der Waals surface area contributed by atoms with Gasteiger partial charge in [-0.2, -0.15) is 0 Å². The Labute approximate surface area is 122 Å². The zero-order valence-corrected chi connectivity index (χ0v) is 12.7. The molecule has 2 aliphatic heterocycles. The van der Waals surface area contributed by atoms with Gasteiger partial charge in [0.1, 0.15) is 0 Å². The van der Waals surface area contributed by atoms with Gasteiger partial charge in [0, 0.05) is 50.1 Å². The molecule has 1 aromatic heterocycles. The molecule has 2 unspecified atom stereocenters. The Balaban J connectivity index is 1.66. The Morgan fingerprint density at radius 1 is 1.40 bits per heavy atom. The maximum atomic E-state index is 4.54. The van der Waals surface area contributed by atoms with Crippen LogP contribution >= 0.6 is 0 Å². The monoisotopic (exact) mass is 274 g/mol. The number of hydrogen-bond donors (Lipinski definition) is 1. The molecule has 0 aliphatic carbocycles. The van der Waals surface area contributed by atoms with Crippen molar-refractivity contribution in [2.75, 3.05) is 31.5 Å². The lowest BCUT2D eigenvalue weighted by Crippen LogP contribution is -2.54. The molecule has 20 heavy (non-hydrogen) atoms. The minimum atomic E-state index is 0.633. The summed E-state index contributed by atoms with van der Waals surface area (Å²) < 4.78 is 0. The third-order valence-electron chi connectivity index (χ3n) is 4.63. The van der Waals surface area contributed by atoms with Gasteiger partial charge in [-0.15, -0.1) is 0 Å². The highest BCUT2D eigenvalue weighted by Gasteiger charge is 2.34.